The normalized spacial score (nSPS) is 10.6. The molecule has 16 heavy (non-hydrogen) atoms. The lowest BCUT2D eigenvalue weighted by molar-refractivity contribution is -0.276. The van der Waals surface area contributed by atoms with Gasteiger partial charge in [-0.15, -0.1) is 13.2 Å². The van der Waals surface area contributed by atoms with Gasteiger partial charge in [0.25, 0.3) is 0 Å². The molecule has 2 N–H and O–H groups in total. The van der Waals surface area contributed by atoms with Crippen LogP contribution in [0.3, 0.4) is 0 Å². The molecule has 84 valence electrons. The number of nitrogens with two attached hydrogens (primary N) is 1. The van der Waals surface area contributed by atoms with E-state index >= 15 is 0 Å². The van der Waals surface area contributed by atoms with Crippen LogP contribution in [0.15, 0.2) is 6.20 Å². The molecule has 0 bridgehead atoms. The number of nitrogens with zero attached hydrogens (tertiary/aromatic N) is 2. The zero-order chi connectivity index (χ0) is 12.3. The number of pyridine rings is 1. The molecule has 0 aliphatic rings. The predicted octanol–water partition coefficient (Wildman–Crippen LogP) is 1.25. The van der Waals surface area contributed by atoms with E-state index in [9.17, 15) is 18.0 Å². The molecule has 0 fully saturated rings. The monoisotopic (exact) mass is 231 g/mol. The van der Waals surface area contributed by atoms with E-state index in [-0.39, 0.29) is 12.0 Å². The minimum absolute atomic E-state index is 0.0307. The van der Waals surface area contributed by atoms with Crippen LogP contribution >= 0.6 is 0 Å². The van der Waals surface area contributed by atoms with Crippen LogP contribution in [-0.4, -0.2) is 17.6 Å². The van der Waals surface area contributed by atoms with Gasteiger partial charge in [-0.1, -0.05) is 0 Å². The number of anilines is 1. The molecule has 0 spiro atoms. The number of carbonyl (C=O) groups is 1. The Hall–Kier alpha value is -2.30. The predicted molar refractivity (Wildman–Crippen MR) is 45.4 cm³/mol. The van der Waals surface area contributed by atoms with Crippen molar-refractivity contribution in [2.45, 2.75) is 6.36 Å². The highest BCUT2D eigenvalue weighted by molar-refractivity contribution is 5.85. The van der Waals surface area contributed by atoms with Crippen molar-refractivity contribution in [1.82, 2.24) is 4.98 Å². The molecule has 0 unspecified atom stereocenters. The summed E-state index contributed by atoms with van der Waals surface area (Å²) in [6, 6.07) is 1.50. The second-order valence-corrected chi connectivity index (χ2v) is 2.58. The smallest absolute Gasteiger partial charge is 0.396 e. The van der Waals surface area contributed by atoms with Crippen molar-refractivity contribution in [3.8, 4) is 11.9 Å². The van der Waals surface area contributed by atoms with E-state index in [1.807, 2.05) is 0 Å². The van der Waals surface area contributed by atoms with Crippen LogP contribution in [0.1, 0.15) is 15.9 Å². The summed E-state index contributed by atoms with van der Waals surface area (Å²) < 4.78 is 39.2. The van der Waals surface area contributed by atoms with Gasteiger partial charge in [-0.05, 0) is 0 Å². The Kier molecular flexibility index (Phi) is 2.99. The van der Waals surface area contributed by atoms with Gasteiger partial charge in [0.05, 0.1) is 23.0 Å². The Labute approximate surface area is 87.3 Å². The van der Waals surface area contributed by atoms with Gasteiger partial charge in [-0.3, -0.25) is 4.79 Å². The molecule has 1 rings (SSSR count). The van der Waals surface area contributed by atoms with Gasteiger partial charge in [0.2, 0.25) is 5.88 Å². The summed E-state index contributed by atoms with van der Waals surface area (Å²) in [6.07, 6.45) is -4.15. The van der Waals surface area contributed by atoms with Crippen molar-refractivity contribution in [1.29, 1.82) is 5.26 Å². The first-order valence-corrected chi connectivity index (χ1v) is 3.78. The lowest BCUT2D eigenvalue weighted by Gasteiger charge is -2.10. The van der Waals surface area contributed by atoms with Crippen LogP contribution < -0.4 is 10.5 Å². The van der Waals surface area contributed by atoms with Crippen molar-refractivity contribution in [3.05, 3.63) is 17.3 Å². The largest absolute Gasteiger partial charge is 0.574 e. The zero-order valence-corrected chi connectivity index (χ0v) is 7.58. The number of rotatable bonds is 2. The maximum atomic E-state index is 11.9. The Morgan fingerprint density at radius 2 is 2.19 bits per heavy atom. The minimum atomic E-state index is -4.99. The Morgan fingerprint density at radius 1 is 1.56 bits per heavy atom. The van der Waals surface area contributed by atoms with E-state index in [1.165, 1.54) is 6.07 Å². The fraction of sp³-hybridized carbons (Fsp3) is 0.125. The summed E-state index contributed by atoms with van der Waals surface area (Å²) in [5.74, 6) is -0.992. The molecule has 0 aromatic carbocycles. The molecule has 0 amide bonds. The molecule has 1 aromatic rings. The number of nitrogen functional groups attached to an aromatic ring is 1. The Morgan fingerprint density at radius 3 is 2.62 bits per heavy atom. The summed E-state index contributed by atoms with van der Waals surface area (Å²) in [5, 5.41) is 8.60. The summed E-state index contributed by atoms with van der Waals surface area (Å²) in [5.41, 5.74) is 4.04. The molecule has 0 saturated carbocycles. The fourth-order valence-corrected chi connectivity index (χ4v) is 0.950. The van der Waals surface area contributed by atoms with E-state index < -0.39 is 23.4 Å². The summed E-state index contributed by atoms with van der Waals surface area (Å²) in [7, 11) is 0. The van der Waals surface area contributed by atoms with Crippen molar-refractivity contribution < 1.29 is 22.7 Å². The SMILES string of the molecule is N#Cc1c(N)cnc(OC(F)(F)F)c1C=O. The second-order valence-electron chi connectivity index (χ2n) is 2.58. The van der Waals surface area contributed by atoms with Gasteiger partial charge in [0, 0.05) is 0 Å². The molecule has 0 radical (unpaired) electrons. The Bertz CT molecular complexity index is 465. The molecular formula is C8H4F3N3O2. The zero-order valence-electron chi connectivity index (χ0n) is 7.58. The number of ether oxygens (including phenoxy) is 1. The van der Waals surface area contributed by atoms with Crippen LogP contribution in [0, 0.1) is 11.3 Å². The average Bonchev–Trinajstić information content (AvgIpc) is 2.18. The van der Waals surface area contributed by atoms with Gasteiger partial charge in [0.15, 0.2) is 6.29 Å². The van der Waals surface area contributed by atoms with Crippen LogP contribution in [-0.2, 0) is 0 Å². The number of hydrogen-bond donors (Lipinski definition) is 1. The maximum Gasteiger partial charge on any atom is 0.574 e. The maximum absolute atomic E-state index is 11.9. The summed E-state index contributed by atoms with van der Waals surface area (Å²) in [4.78, 5) is 13.7. The third-order valence-electron chi connectivity index (χ3n) is 1.55. The first-order valence-electron chi connectivity index (χ1n) is 3.78. The first-order chi connectivity index (χ1) is 7.39. The highest BCUT2D eigenvalue weighted by Gasteiger charge is 2.33. The molecule has 1 aromatic heterocycles. The molecular weight excluding hydrogens is 227 g/mol. The number of nitriles is 1. The van der Waals surface area contributed by atoms with Crippen molar-refractivity contribution in [2.75, 3.05) is 5.73 Å². The van der Waals surface area contributed by atoms with Crippen LogP contribution in [0.4, 0.5) is 18.9 Å². The Balaban J connectivity index is 3.32. The van der Waals surface area contributed by atoms with Gasteiger partial charge < -0.3 is 10.5 Å². The van der Waals surface area contributed by atoms with E-state index in [4.69, 9.17) is 11.0 Å². The lowest BCUT2D eigenvalue weighted by atomic mass is 10.1. The van der Waals surface area contributed by atoms with Gasteiger partial charge in [-0.2, -0.15) is 5.26 Å². The first kappa shape index (κ1) is 11.8. The van der Waals surface area contributed by atoms with E-state index in [2.05, 4.69) is 9.72 Å². The van der Waals surface area contributed by atoms with E-state index in [0.29, 0.717) is 0 Å². The number of carbonyl (C=O) groups excluding carboxylic acids is 1. The van der Waals surface area contributed by atoms with Crippen molar-refractivity contribution >= 4 is 12.0 Å². The quantitative estimate of drug-likeness (QED) is 0.773. The molecule has 0 aliphatic carbocycles. The third kappa shape index (κ3) is 2.38. The van der Waals surface area contributed by atoms with Gasteiger partial charge in [-0.25, -0.2) is 4.98 Å². The highest BCUT2D eigenvalue weighted by atomic mass is 19.4. The molecule has 1 heterocycles. The van der Waals surface area contributed by atoms with Crippen LogP contribution in [0.2, 0.25) is 0 Å². The van der Waals surface area contributed by atoms with Crippen LogP contribution in [0.25, 0.3) is 0 Å². The number of hydrogen-bond acceptors (Lipinski definition) is 5. The van der Waals surface area contributed by atoms with Gasteiger partial charge >= 0.3 is 6.36 Å². The van der Waals surface area contributed by atoms with E-state index in [1.54, 1.807) is 0 Å². The van der Waals surface area contributed by atoms with Crippen molar-refractivity contribution in [2.24, 2.45) is 0 Å². The summed E-state index contributed by atoms with van der Waals surface area (Å²) in [6.45, 7) is 0. The fourth-order valence-electron chi connectivity index (χ4n) is 0.950. The number of aldehydes is 1. The topological polar surface area (TPSA) is 89.0 Å². The lowest BCUT2D eigenvalue weighted by Crippen LogP contribution is -2.19. The minimum Gasteiger partial charge on any atom is -0.396 e. The molecule has 8 heteroatoms. The van der Waals surface area contributed by atoms with Crippen molar-refractivity contribution in [3.63, 3.8) is 0 Å². The summed E-state index contributed by atoms with van der Waals surface area (Å²) >= 11 is 0. The molecule has 5 nitrogen and oxygen atoms in total. The average molecular weight is 231 g/mol. The molecule has 0 aliphatic heterocycles. The number of aromatic nitrogens is 1. The second kappa shape index (κ2) is 4.06. The standard InChI is InChI=1S/C8H4F3N3O2/c9-8(10,11)16-7-5(3-15)4(1-12)6(13)2-14-7/h2-3H,13H2. The van der Waals surface area contributed by atoms with E-state index in [0.717, 1.165) is 6.20 Å². The van der Waals surface area contributed by atoms with Crippen LogP contribution in [0.5, 0.6) is 5.88 Å². The highest BCUT2D eigenvalue weighted by Crippen LogP contribution is 2.27. The third-order valence-corrected chi connectivity index (χ3v) is 1.55. The molecule has 0 saturated heterocycles. The number of alkyl halides is 3. The van der Waals surface area contributed by atoms with Gasteiger partial charge in [0.1, 0.15) is 6.07 Å². The number of halogens is 3. The molecule has 0 atom stereocenters.